The predicted molar refractivity (Wildman–Crippen MR) is 70.8 cm³/mol. The minimum absolute atomic E-state index is 0.543. The van der Waals surface area contributed by atoms with Crippen LogP contribution in [-0.2, 0) is 11.2 Å². The molecule has 1 aliphatic rings. The van der Waals surface area contributed by atoms with Gasteiger partial charge in [0, 0.05) is 5.57 Å². The third-order valence-electron chi connectivity index (χ3n) is 3.49. The first-order chi connectivity index (χ1) is 8.67. The second-order valence-corrected chi connectivity index (χ2v) is 4.49. The Morgan fingerprint density at radius 2 is 2.17 bits per heavy atom. The van der Waals surface area contributed by atoms with Gasteiger partial charge in [-0.05, 0) is 54.5 Å². The van der Waals surface area contributed by atoms with Crippen LogP contribution in [0, 0.1) is 0 Å². The van der Waals surface area contributed by atoms with Crippen LogP contribution in [0.4, 0.5) is 0 Å². The molecular weight excluding hydrogens is 228 g/mol. The number of carboxylic acid groups (broad SMARTS) is 1. The third kappa shape index (κ3) is 2.26. The first-order valence-corrected chi connectivity index (χ1v) is 6.30. The predicted octanol–water partition coefficient (Wildman–Crippen LogP) is 3.28. The van der Waals surface area contributed by atoms with Gasteiger partial charge in [0.05, 0.1) is 7.11 Å². The van der Waals surface area contributed by atoms with E-state index in [1.165, 1.54) is 5.56 Å². The lowest BCUT2D eigenvalue weighted by Crippen LogP contribution is -2.09. The third-order valence-corrected chi connectivity index (χ3v) is 3.49. The Balaban J connectivity index is 2.54. The summed E-state index contributed by atoms with van der Waals surface area (Å²) in [5.74, 6) is 0.0412. The van der Waals surface area contributed by atoms with Crippen molar-refractivity contribution in [2.24, 2.45) is 0 Å². The summed E-state index contributed by atoms with van der Waals surface area (Å²) in [4.78, 5) is 11.3. The van der Waals surface area contributed by atoms with Crippen LogP contribution in [0.2, 0.25) is 0 Å². The topological polar surface area (TPSA) is 46.5 Å². The summed E-state index contributed by atoms with van der Waals surface area (Å²) in [6, 6.07) is 5.91. The number of carboxylic acids is 1. The van der Waals surface area contributed by atoms with Crippen LogP contribution < -0.4 is 4.74 Å². The Labute approximate surface area is 107 Å². The Hall–Kier alpha value is -1.77. The van der Waals surface area contributed by atoms with Crippen molar-refractivity contribution in [3.05, 3.63) is 34.9 Å². The van der Waals surface area contributed by atoms with Gasteiger partial charge in [-0.25, -0.2) is 4.79 Å². The van der Waals surface area contributed by atoms with E-state index in [1.807, 2.05) is 25.1 Å². The smallest absolute Gasteiger partial charge is 0.331 e. The molecule has 1 N–H and O–H groups in total. The van der Waals surface area contributed by atoms with Gasteiger partial charge in [0.15, 0.2) is 0 Å². The maximum absolute atomic E-state index is 11.3. The second-order valence-electron chi connectivity index (χ2n) is 4.49. The lowest BCUT2D eigenvalue weighted by molar-refractivity contribution is -0.132. The van der Waals surface area contributed by atoms with Gasteiger partial charge in [0.2, 0.25) is 0 Å². The second kappa shape index (κ2) is 5.25. The van der Waals surface area contributed by atoms with E-state index in [1.54, 1.807) is 7.11 Å². The normalized spacial score (nSPS) is 17.0. The van der Waals surface area contributed by atoms with Crippen molar-refractivity contribution in [2.45, 2.75) is 32.6 Å². The first-order valence-electron chi connectivity index (χ1n) is 6.30. The number of fused-ring (bicyclic) bond motifs is 1. The van der Waals surface area contributed by atoms with Crippen molar-refractivity contribution in [3.8, 4) is 5.75 Å². The van der Waals surface area contributed by atoms with Gasteiger partial charge in [-0.15, -0.1) is 0 Å². The molecule has 0 spiro atoms. The Bertz CT molecular complexity index is 500. The molecule has 1 aliphatic carbocycles. The summed E-state index contributed by atoms with van der Waals surface area (Å²) in [5, 5.41) is 9.27. The van der Waals surface area contributed by atoms with Crippen LogP contribution in [0.1, 0.15) is 37.3 Å². The molecular formula is C15H18O3. The van der Waals surface area contributed by atoms with Gasteiger partial charge < -0.3 is 9.84 Å². The molecule has 0 radical (unpaired) electrons. The van der Waals surface area contributed by atoms with Crippen LogP contribution in [0.15, 0.2) is 23.8 Å². The van der Waals surface area contributed by atoms with E-state index in [4.69, 9.17) is 4.74 Å². The molecule has 1 aromatic carbocycles. The van der Waals surface area contributed by atoms with Crippen molar-refractivity contribution in [3.63, 3.8) is 0 Å². The Morgan fingerprint density at radius 1 is 1.39 bits per heavy atom. The molecule has 0 fully saturated rings. The molecule has 2 rings (SSSR count). The molecule has 96 valence electrons. The molecule has 0 bridgehead atoms. The number of allylic oxidation sites excluding steroid dienone is 1. The molecule has 0 heterocycles. The number of hydrogen-bond donors (Lipinski definition) is 1. The van der Waals surface area contributed by atoms with Crippen molar-refractivity contribution >= 4 is 11.5 Å². The van der Waals surface area contributed by atoms with E-state index in [0.717, 1.165) is 36.1 Å². The molecule has 0 aliphatic heterocycles. The average Bonchev–Trinajstić information content (AvgIpc) is 2.38. The highest BCUT2D eigenvalue weighted by atomic mass is 16.5. The van der Waals surface area contributed by atoms with Gasteiger partial charge in [-0.1, -0.05) is 13.0 Å². The van der Waals surface area contributed by atoms with E-state index < -0.39 is 5.97 Å². The number of ether oxygens (including phenoxy) is 1. The lowest BCUT2D eigenvalue weighted by Gasteiger charge is -2.21. The first kappa shape index (κ1) is 12.7. The highest BCUT2D eigenvalue weighted by Gasteiger charge is 2.20. The monoisotopic (exact) mass is 246 g/mol. The van der Waals surface area contributed by atoms with E-state index in [9.17, 15) is 9.90 Å². The number of aliphatic carboxylic acids is 1. The number of carbonyl (C=O) groups is 1. The largest absolute Gasteiger partial charge is 0.497 e. The fourth-order valence-corrected chi connectivity index (χ4v) is 2.60. The summed E-state index contributed by atoms with van der Waals surface area (Å²) >= 11 is 0. The molecule has 0 aromatic heterocycles. The maximum Gasteiger partial charge on any atom is 0.331 e. The van der Waals surface area contributed by atoms with Crippen LogP contribution >= 0.6 is 0 Å². The van der Waals surface area contributed by atoms with E-state index in [0.29, 0.717) is 12.0 Å². The zero-order valence-corrected chi connectivity index (χ0v) is 10.8. The van der Waals surface area contributed by atoms with E-state index in [2.05, 4.69) is 0 Å². The molecule has 18 heavy (non-hydrogen) atoms. The summed E-state index contributed by atoms with van der Waals surface area (Å²) in [7, 11) is 1.65. The van der Waals surface area contributed by atoms with Crippen molar-refractivity contribution < 1.29 is 14.6 Å². The molecule has 3 heteroatoms. The SMILES string of the molecule is CC/C(C(=O)O)=C1/CCCc2cc(OC)ccc21. The van der Waals surface area contributed by atoms with Crippen molar-refractivity contribution in [1.82, 2.24) is 0 Å². The van der Waals surface area contributed by atoms with Gasteiger partial charge in [-0.2, -0.15) is 0 Å². The number of rotatable bonds is 3. The zero-order chi connectivity index (χ0) is 13.1. The summed E-state index contributed by atoms with van der Waals surface area (Å²) in [5.41, 5.74) is 3.82. The fraction of sp³-hybridized carbons (Fsp3) is 0.400. The zero-order valence-electron chi connectivity index (χ0n) is 10.8. The molecule has 0 unspecified atom stereocenters. The number of benzene rings is 1. The minimum atomic E-state index is -0.795. The molecule has 3 nitrogen and oxygen atoms in total. The maximum atomic E-state index is 11.3. The summed E-state index contributed by atoms with van der Waals surface area (Å²) in [6.45, 7) is 1.90. The molecule has 1 aromatic rings. The molecule has 0 atom stereocenters. The van der Waals surface area contributed by atoms with Gasteiger partial charge in [0.1, 0.15) is 5.75 Å². The van der Waals surface area contributed by atoms with Gasteiger partial charge in [-0.3, -0.25) is 0 Å². The highest BCUT2D eigenvalue weighted by Crippen LogP contribution is 2.35. The Morgan fingerprint density at radius 3 is 2.78 bits per heavy atom. The van der Waals surface area contributed by atoms with Crippen LogP contribution in [0.25, 0.3) is 5.57 Å². The number of hydrogen-bond acceptors (Lipinski definition) is 2. The van der Waals surface area contributed by atoms with Crippen LogP contribution in [-0.4, -0.2) is 18.2 Å². The summed E-state index contributed by atoms with van der Waals surface area (Å²) < 4.78 is 5.22. The van der Waals surface area contributed by atoms with E-state index in [-0.39, 0.29) is 0 Å². The fourth-order valence-electron chi connectivity index (χ4n) is 2.60. The van der Waals surface area contributed by atoms with Gasteiger partial charge >= 0.3 is 5.97 Å². The van der Waals surface area contributed by atoms with E-state index >= 15 is 0 Å². The highest BCUT2D eigenvalue weighted by molar-refractivity contribution is 5.97. The molecule has 0 amide bonds. The van der Waals surface area contributed by atoms with Crippen LogP contribution in [0.3, 0.4) is 0 Å². The lowest BCUT2D eigenvalue weighted by atomic mass is 9.84. The molecule has 0 saturated carbocycles. The minimum Gasteiger partial charge on any atom is -0.497 e. The standard InChI is InChI=1S/C15H18O3/c1-3-12(15(16)17)14-6-4-5-10-9-11(18-2)7-8-13(10)14/h7-9H,3-6H2,1-2H3,(H,16,17)/b14-12+. The van der Waals surface area contributed by atoms with Gasteiger partial charge in [0.25, 0.3) is 0 Å². The van der Waals surface area contributed by atoms with Crippen molar-refractivity contribution in [2.75, 3.05) is 7.11 Å². The Kier molecular flexibility index (Phi) is 3.70. The number of aryl methyl sites for hydroxylation is 1. The average molecular weight is 246 g/mol. The van der Waals surface area contributed by atoms with Crippen LogP contribution in [0.5, 0.6) is 5.75 Å². The number of methoxy groups -OCH3 is 1. The van der Waals surface area contributed by atoms with Crippen molar-refractivity contribution in [1.29, 1.82) is 0 Å². The summed E-state index contributed by atoms with van der Waals surface area (Å²) in [6.07, 6.45) is 3.42. The molecule has 0 saturated heterocycles. The quantitative estimate of drug-likeness (QED) is 0.832.